The van der Waals surface area contributed by atoms with Gasteiger partial charge in [-0.05, 0) is 36.3 Å². The van der Waals surface area contributed by atoms with Crippen molar-refractivity contribution in [1.29, 1.82) is 0 Å². The van der Waals surface area contributed by atoms with Crippen LogP contribution in [0.25, 0.3) is 0 Å². The van der Waals surface area contributed by atoms with Gasteiger partial charge >= 0.3 is 11.9 Å². The van der Waals surface area contributed by atoms with Crippen LogP contribution in [-0.4, -0.2) is 37.8 Å². The van der Waals surface area contributed by atoms with Crippen LogP contribution >= 0.6 is 12.2 Å². The van der Waals surface area contributed by atoms with E-state index in [2.05, 4.69) is 24.5 Å². The lowest BCUT2D eigenvalue weighted by atomic mass is 10.1. The molecule has 0 fully saturated rings. The van der Waals surface area contributed by atoms with Gasteiger partial charge in [-0.15, -0.1) is 0 Å². The van der Waals surface area contributed by atoms with E-state index < -0.39 is 11.9 Å². The van der Waals surface area contributed by atoms with Gasteiger partial charge in [-0.25, -0.2) is 9.59 Å². The number of methoxy groups -OCH3 is 2. The Morgan fingerprint density at radius 3 is 2.09 bits per heavy atom. The Morgan fingerprint density at radius 1 is 1.13 bits per heavy atom. The van der Waals surface area contributed by atoms with Gasteiger partial charge in [-0.3, -0.25) is 0 Å². The van der Waals surface area contributed by atoms with Crippen molar-refractivity contribution in [2.24, 2.45) is 5.92 Å². The average molecular weight is 338 g/mol. The molecule has 1 aromatic rings. The van der Waals surface area contributed by atoms with Gasteiger partial charge in [0, 0.05) is 12.2 Å². The Hall–Kier alpha value is -2.15. The maximum Gasteiger partial charge on any atom is 0.337 e. The number of thiocarbonyl (C=S) groups is 1. The summed E-state index contributed by atoms with van der Waals surface area (Å²) in [6.45, 7) is 4.96. The van der Waals surface area contributed by atoms with E-state index in [1.807, 2.05) is 0 Å². The molecule has 1 atom stereocenters. The minimum absolute atomic E-state index is 0.239. The summed E-state index contributed by atoms with van der Waals surface area (Å²) in [5.74, 6) is -0.601. The van der Waals surface area contributed by atoms with Crippen LogP contribution in [0.15, 0.2) is 18.2 Å². The molecule has 0 aromatic heterocycles. The highest BCUT2D eigenvalue weighted by Crippen LogP contribution is 2.17. The maximum atomic E-state index is 11.7. The number of anilines is 1. The molecule has 1 aromatic carbocycles. The third kappa shape index (κ3) is 5.86. The molecule has 0 amide bonds. The monoisotopic (exact) mass is 338 g/mol. The molecule has 0 spiro atoms. The van der Waals surface area contributed by atoms with E-state index >= 15 is 0 Å². The first-order chi connectivity index (χ1) is 10.9. The minimum Gasteiger partial charge on any atom is -0.465 e. The Morgan fingerprint density at radius 2 is 1.65 bits per heavy atom. The fourth-order valence-corrected chi connectivity index (χ4v) is 1.96. The predicted molar refractivity (Wildman–Crippen MR) is 92.8 cm³/mol. The molecule has 23 heavy (non-hydrogen) atoms. The van der Waals surface area contributed by atoms with Crippen molar-refractivity contribution in [3.8, 4) is 0 Å². The van der Waals surface area contributed by atoms with Crippen LogP contribution in [0.1, 0.15) is 41.0 Å². The summed E-state index contributed by atoms with van der Waals surface area (Å²) in [5.41, 5.74) is 0.986. The van der Waals surface area contributed by atoms with Crippen LogP contribution in [0.5, 0.6) is 0 Å². The Balaban J connectivity index is 2.94. The van der Waals surface area contributed by atoms with E-state index in [4.69, 9.17) is 21.7 Å². The number of nitrogens with one attached hydrogen (secondary N) is 2. The highest BCUT2D eigenvalue weighted by atomic mass is 32.1. The molecular formula is C16H22N2O4S. The van der Waals surface area contributed by atoms with Gasteiger partial charge < -0.3 is 20.1 Å². The number of ether oxygens (including phenoxy) is 2. The van der Waals surface area contributed by atoms with Crippen molar-refractivity contribution >= 4 is 35.0 Å². The smallest absolute Gasteiger partial charge is 0.337 e. The Labute approximate surface area is 141 Å². The first kappa shape index (κ1) is 18.9. The molecular weight excluding hydrogens is 316 g/mol. The molecule has 0 saturated heterocycles. The quantitative estimate of drug-likeness (QED) is 0.610. The lowest BCUT2D eigenvalue weighted by Crippen LogP contribution is -2.32. The van der Waals surface area contributed by atoms with E-state index in [-0.39, 0.29) is 11.1 Å². The molecule has 0 heterocycles. The molecule has 7 heteroatoms. The van der Waals surface area contributed by atoms with Crippen LogP contribution in [0.3, 0.4) is 0 Å². The number of rotatable bonds is 6. The van der Waals surface area contributed by atoms with Crippen LogP contribution in [-0.2, 0) is 9.47 Å². The molecule has 0 aliphatic heterocycles. The van der Waals surface area contributed by atoms with E-state index in [1.165, 1.54) is 20.3 Å². The normalized spacial score (nSPS) is 11.3. The zero-order valence-corrected chi connectivity index (χ0v) is 14.6. The largest absolute Gasteiger partial charge is 0.465 e. The van der Waals surface area contributed by atoms with Gasteiger partial charge in [0.05, 0.1) is 25.3 Å². The summed E-state index contributed by atoms with van der Waals surface area (Å²) in [6.07, 6.45) is 1.04. The minimum atomic E-state index is -0.544. The van der Waals surface area contributed by atoms with Crippen LogP contribution in [0, 0.1) is 5.92 Å². The SMILES string of the molecule is CC[C@H](C)CNC(=S)Nc1cc(C(=O)OC)cc(C(=O)OC)c1. The topological polar surface area (TPSA) is 76.7 Å². The van der Waals surface area contributed by atoms with Gasteiger partial charge in [0.25, 0.3) is 0 Å². The van der Waals surface area contributed by atoms with Crippen molar-refractivity contribution in [2.45, 2.75) is 20.3 Å². The lowest BCUT2D eigenvalue weighted by molar-refractivity contribution is 0.0599. The highest BCUT2D eigenvalue weighted by molar-refractivity contribution is 7.80. The standard InChI is InChI=1S/C16H22N2O4S/c1-5-10(2)9-17-16(23)18-13-7-11(14(19)21-3)6-12(8-13)15(20)22-4/h6-8,10H,5,9H2,1-4H3,(H2,17,18,23)/t10-/m0/s1. The molecule has 0 radical (unpaired) electrons. The number of carbonyl (C=O) groups is 2. The second kappa shape index (κ2) is 9.09. The second-order valence-electron chi connectivity index (χ2n) is 5.13. The van der Waals surface area contributed by atoms with Gasteiger partial charge in [-0.1, -0.05) is 20.3 Å². The number of carbonyl (C=O) groups excluding carboxylic acids is 2. The van der Waals surface area contributed by atoms with Crippen LogP contribution in [0.2, 0.25) is 0 Å². The molecule has 2 N–H and O–H groups in total. The Bertz CT molecular complexity index is 555. The van der Waals surface area contributed by atoms with Crippen molar-refractivity contribution in [3.63, 3.8) is 0 Å². The lowest BCUT2D eigenvalue weighted by Gasteiger charge is -2.15. The van der Waals surface area contributed by atoms with Gasteiger partial charge in [0.15, 0.2) is 5.11 Å². The van der Waals surface area contributed by atoms with Crippen LogP contribution in [0.4, 0.5) is 5.69 Å². The predicted octanol–water partition coefficient (Wildman–Crippen LogP) is 2.59. The van der Waals surface area contributed by atoms with Crippen LogP contribution < -0.4 is 10.6 Å². The number of hydrogen-bond donors (Lipinski definition) is 2. The zero-order valence-electron chi connectivity index (χ0n) is 13.8. The van der Waals surface area contributed by atoms with Gasteiger partial charge in [-0.2, -0.15) is 0 Å². The second-order valence-corrected chi connectivity index (χ2v) is 5.54. The first-order valence-electron chi connectivity index (χ1n) is 7.27. The van der Waals surface area contributed by atoms with Crippen molar-refractivity contribution in [3.05, 3.63) is 29.3 Å². The summed E-state index contributed by atoms with van der Waals surface area (Å²) in [5, 5.41) is 6.48. The van der Waals surface area contributed by atoms with Crippen molar-refractivity contribution < 1.29 is 19.1 Å². The molecule has 0 unspecified atom stereocenters. The third-order valence-electron chi connectivity index (χ3n) is 3.34. The van der Waals surface area contributed by atoms with E-state index in [9.17, 15) is 9.59 Å². The molecule has 0 saturated carbocycles. The number of benzene rings is 1. The molecule has 1 rings (SSSR count). The highest BCUT2D eigenvalue weighted by Gasteiger charge is 2.14. The summed E-state index contributed by atoms with van der Waals surface area (Å²) in [4.78, 5) is 23.4. The van der Waals surface area contributed by atoms with E-state index in [1.54, 1.807) is 12.1 Å². The zero-order chi connectivity index (χ0) is 17.4. The van der Waals surface area contributed by atoms with Gasteiger partial charge in [0.2, 0.25) is 0 Å². The summed E-state index contributed by atoms with van der Waals surface area (Å²) in [6, 6.07) is 4.55. The Kier molecular flexibility index (Phi) is 7.47. The van der Waals surface area contributed by atoms with E-state index in [0.29, 0.717) is 16.7 Å². The fourth-order valence-electron chi connectivity index (χ4n) is 1.76. The first-order valence-corrected chi connectivity index (χ1v) is 7.68. The summed E-state index contributed by atoms with van der Waals surface area (Å²) >= 11 is 5.22. The average Bonchev–Trinajstić information content (AvgIpc) is 2.57. The van der Waals surface area contributed by atoms with E-state index in [0.717, 1.165) is 13.0 Å². The van der Waals surface area contributed by atoms with Crippen molar-refractivity contribution in [1.82, 2.24) is 5.32 Å². The fraction of sp³-hybridized carbons (Fsp3) is 0.438. The molecule has 0 aliphatic rings. The number of esters is 2. The molecule has 126 valence electrons. The molecule has 0 bridgehead atoms. The molecule has 0 aliphatic carbocycles. The van der Waals surface area contributed by atoms with Gasteiger partial charge in [0.1, 0.15) is 0 Å². The maximum absolute atomic E-state index is 11.7. The summed E-state index contributed by atoms with van der Waals surface area (Å²) in [7, 11) is 2.55. The number of hydrogen-bond acceptors (Lipinski definition) is 5. The molecule has 6 nitrogen and oxygen atoms in total. The third-order valence-corrected chi connectivity index (χ3v) is 3.59. The summed E-state index contributed by atoms with van der Waals surface area (Å²) < 4.78 is 9.38. The van der Waals surface area contributed by atoms with Crippen molar-refractivity contribution in [2.75, 3.05) is 26.1 Å².